The van der Waals surface area contributed by atoms with Crippen LogP contribution in [0.15, 0.2) is 12.2 Å². The van der Waals surface area contributed by atoms with Crippen LogP contribution in [0, 0.1) is 0 Å². The zero-order chi connectivity index (χ0) is 14.6. The average molecular weight is 314 g/mol. The Morgan fingerprint density at radius 3 is 1.95 bits per heavy atom. The topological polar surface area (TPSA) is 96.0 Å². The predicted molar refractivity (Wildman–Crippen MR) is 68.6 cm³/mol. The number of ether oxygens (including phenoxy) is 1. The molecule has 0 N–H and O–H groups in total. The van der Waals surface area contributed by atoms with E-state index in [1.165, 1.54) is 0 Å². The Labute approximate surface area is 113 Å². The fourth-order valence-corrected chi connectivity index (χ4v) is 2.41. The van der Waals surface area contributed by atoms with Gasteiger partial charge in [0.25, 0.3) is 20.2 Å². The molecule has 112 valence electrons. The molecule has 0 fully saturated rings. The van der Waals surface area contributed by atoms with E-state index in [0.717, 1.165) is 12.5 Å². The van der Waals surface area contributed by atoms with Crippen LogP contribution in [0.4, 0.5) is 0 Å². The first-order valence-corrected chi connectivity index (χ1v) is 9.23. The lowest BCUT2D eigenvalue weighted by Crippen LogP contribution is -2.37. The van der Waals surface area contributed by atoms with Crippen LogP contribution in [0.5, 0.6) is 0 Å². The lowest BCUT2D eigenvalue weighted by atomic mass is 10.0. The third kappa shape index (κ3) is 7.02. The fourth-order valence-electron chi connectivity index (χ4n) is 1.61. The number of rotatable bonds is 8. The second-order valence-electron chi connectivity index (χ2n) is 4.40. The summed E-state index contributed by atoms with van der Waals surface area (Å²) in [5, 5.41) is 0. The lowest BCUT2D eigenvalue weighted by molar-refractivity contribution is -0.0704. The molecule has 0 heterocycles. The van der Waals surface area contributed by atoms with Crippen molar-refractivity contribution in [3.05, 3.63) is 12.2 Å². The van der Waals surface area contributed by atoms with Gasteiger partial charge in [-0.3, -0.25) is 8.37 Å². The first-order valence-electron chi connectivity index (χ1n) is 5.60. The van der Waals surface area contributed by atoms with Crippen LogP contribution in [0.25, 0.3) is 0 Å². The second-order valence-corrected chi connectivity index (χ2v) is 7.69. The Balaban J connectivity index is 2.44. The van der Waals surface area contributed by atoms with Gasteiger partial charge in [-0.25, -0.2) is 0 Å². The molecule has 0 atom stereocenters. The molecule has 0 spiro atoms. The smallest absolute Gasteiger partial charge is 0.264 e. The van der Waals surface area contributed by atoms with E-state index in [1.807, 2.05) is 12.2 Å². The Morgan fingerprint density at radius 1 is 0.947 bits per heavy atom. The fraction of sp³-hybridized carbons (Fsp3) is 0.800. The molecule has 7 nitrogen and oxygen atoms in total. The van der Waals surface area contributed by atoms with Gasteiger partial charge < -0.3 is 4.74 Å². The summed E-state index contributed by atoms with van der Waals surface area (Å²) in [6.45, 7) is -0.168. The van der Waals surface area contributed by atoms with E-state index < -0.39 is 25.8 Å². The highest BCUT2D eigenvalue weighted by Gasteiger charge is 2.33. The standard InChI is InChI=1S/C10H18O7S2/c1-18(11,12)16-8-7-15-10(5-3-4-6-10)9-17-19(2,13)14/h3-4H,5-9H2,1-2H3. The van der Waals surface area contributed by atoms with Gasteiger partial charge in [0.2, 0.25) is 0 Å². The zero-order valence-electron chi connectivity index (χ0n) is 10.9. The third-order valence-electron chi connectivity index (χ3n) is 2.47. The van der Waals surface area contributed by atoms with E-state index in [1.54, 1.807) is 0 Å². The van der Waals surface area contributed by atoms with Crippen molar-refractivity contribution in [2.24, 2.45) is 0 Å². The summed E-state index contributed by atoms with van der Waals surface area (Å²) in [6, 6.07) is 0. The van der Waals surface area contributed by atoms with Gasteiger partial charge >= 0.3 is 0 Å². The Bertz CT molecular complexity index is 510. The molecule has 0 aromatic rings. The van der Waals surface area contributed by atoms with Crippen molar-refractivity contribution in [2.45, 2.75) is 18.4 Å². The van der Waals surface area contributed by atoms with Gasteiger partial charge in [0, 0.05) is 0 Å². The monoisotopic (exact) mass is 314 g/mol. The van der Waals surface area contributed by atoms with Crippen LogP contribution in [-0.4, -0.2) is 54.8 Å². The average Bonchev–Trinajstić information content (AvgIpc) is 2.69. The predicted octanol–water partition coefficient (Wildman–Crippen LogP) is 0.0442. The van der Waals surface area contributed by atoms with Crippen LogP contribution in [0.3, 0.4) is 0 Å². The van der Waals surface area contributed by atoms with Gasteiger partial charge in [-0.2, -0.15) is 16.8 Å². The van der Waals surface area contributed by atoms with Crippen LogP contribution in [0.1, 0.15) is 12.8 Å². The highest BCUT2D eigenvalue weighted by atomic mass is 32.2. The van der Waals surface area contributed by atoms with Crippen molar-refractivity contribution in [3.8, 4) is 0 Å². The maximum atomic E-state index is 11.0. The van der Waals surface area contributed by atoms with Crippen molar-refractivity contribution < 1.29 is 29.9 Å². The Hall–Kier alpha value is -0.480. The summed E-state index contributed by atoms with van der Waals surface area (Å²) < 4.78 is 58.4. The van der Waals surface area contributed by atoms with E-state index >= 15 is 0 Å². The first-order chi connectivity index (χ1) is 8.62. The van der Waals surface area contributed by atoms with Crippen LogP contribution in [-0.2, 0) is 33.3 Å². The van der Waals surface area contributed by atoms with Crippen LogP contribution < -0.4 is 0 Å². The van der Waals surface area contributed by atoms with E-state index in [2.05, 4.69) is 4.18 Å². The molecule has 0 saturated carbocycles. The van der Waals surface area contributed by atoms with Crippen molar-refractivity contribution in [1.29, 1.82) is 0 Å². The van der Waals surface area contributed by atoms with E-state index in [0.29, 0.717) is 12.8 Å². The molecule has 0 aromatic carbocycles. The van der Waals surface area contributed by atoms with Gasteiger partial charge in [0.15, 0.2) is 0 Å². The van der Waals surface area contributed by atoms with Crippen LogP contribution >= 0.6 is 0 Å². The van der Waals surface area contributed by atoms with Gasteiger partial charge in [0.05, 0.1) is 37.9 Å². The molecule has 0 aromatic heterocycles. The van der Waals surface area contributed by atoms with Crippen LogP contribution in [0.2, 0.25) is 0 Å². The third-order valence-corrected chi connectivity index (χ3v) is 3.61. The molecule has 1 aliphatic rings. The highest BCUT2D eigenvalue weighted by molar-refractivity contribution is 7.86. The Kier molecular flexibility index (Phi) is 5.51. The molecule has 0 unspecified atom stereocenters. The summed E-state index contributed by atoms with van der Waals surface area (Å²) in [4.78, 5) is 0. The summed E-state index contributed by atoms with van der Waals surface area (Å²) in [5.41, 5.74) is -0.760. The maximum Gasteiger partial charge on any atom is 0.264 e. The minimum absolute atomic E-state index is 0.0435. The number of hydrogen-bond acceptors (Lipinski definition) is 7. The quantitative estimate of drug-likeness (QED) is 0.354. The molecular weight excluding hydrogens is 296 g/mol. The van der Waals surface area contributed by atoms with Gasteiger partial charge in [-0.05, 0) is 12.8 Å². The van der Waals surface area contributed by atoms with E-state index in [-0.39, 0.29) is 19.8 Å². The summed E-state index contributed by atoms with van der Waals surface area (Å²) in [6.07, 6.45) is 6.68. The molecule has 0 amide bonds. The largest absolute Gasteiger partial charge is 0.369 e. The van der Waals surface area contributed by atoms with Crippen molar-refractivity contribution >= 4 is 20.2 Å². The van der Waals surface area contributed by atoms with Crippen molar-refractivity contribution in [1.82, 2.24) is 0 Å². The molecule has 0 radical (unpaired) electrons. The zero-order valence-corrected chi connectivity index (χ0v) is 12.5. The second kappa shape index (κ2) is 6.31. The molecule has 0 bridgehead atoms. The van der Waals surface area contributed by atoms with Crippen molar-refractivity contribution in [2.75, 3.05) is 32.3 Å². The Morgan fingerprint density at radius 2 is 1.47 bits per heavy atom. The van der Waals surface area contributed by atoms with Gasteiger partial charge in [-0.1, -0.05) is 12.2 Å². The number of hydrogen-bond donors (Lipinski definition) is 0. The van der Waals surface area contributed by atoms with Gasteiger partial charge in [0.1, 0.15) is 0 Å². The lowest BCUT2D eigenvalue weighted by Gasteiger charge is -2.28. The summed E-state index contributed by atoms with van der Waals surface area (Å²) >= 11 is 0. The molecule has 19 heavy (non-hydrogen) atoms. The highest BCUT2D eigenvalue weighted by Crippen LogP contribution is 2.28. The molecule has 1 rings (SSSR count). The normalized spacial score (nSPS) is 18.8. The molecule has 0 aliphatic heterocycles. The molecule has 0 saturated heterocycles. The van der Waals surface area contributed by atoms with E-state index in [9.17, 15) is 16.8 Å². The minimum Gasteiger partial charge on any atom is -0.369 e. The molecule has 1 aliphatic carbocycles. The van der Waals surface area contributed by atoms with Crippen molar-refractivity contribution in [3.63, 3.8) is 0 Å². The summed E-state index contributed by atoms with van der Waals surface area (Å²) in [5.74, 6) is 0. The summed E-state index contributed by atoms with van der Waals surface area (Å²) in [7, 11) is -7.04. The van der Waals surface area contributed by atoms with E-state index in [4.69, 9.17) is 8.92 Å². The first kappa shape index (κ1) is 16.6. The van der Waals surface area contributed by atoms with Gasteiger partial charge in [-0.15, -0.1) is 0 Å². The maximum absolute atomic E-state index is 11.0. The minimum atomic E-state index is -3.54. The molecule has 9 heteroatoms. The molecular formula is C10H18O7S2. The SMILES string of the molecule is CS(=O)(=O)OCCOC1(COS(C)(=O)=O)CC=CC1.